The van der Waals surface area contributed by atoms with Crippen molar-refractivity contribution in [1.82, 2.24) is 44.3 Å². The molecule has 10 heteroatoms. The average molecular weight is 345 g/mol. The summed E-state index contributed by atoms with van der Waals surface area (Å²) in [5.41, 5.74) is 1.15. The molecule has 5 rings (SSSR count). The van der Waals surface area contributed by atoms with Crippen molar-refractivity contribution in [2.45, 2.75) is 6.92 Å². The van der Waals surface area contributed by atoms with Gasteiger partial charge < -0.3 is 0 Å². The molecule has 0 saturated carbocycles. The van der Waals surface area contributed by atoms with E-state index >= 15 is 0 Å². The Hall–Kier alpha value is -3.95. The topological polar surface area (TPSA) is 120 Å². The largest absolute Gasteiger partial charge is 0.268 e. The van der Waals surface area contributed by atoms with E-state index in [-0.39, 0.29) is 11.5 Å². The van der Waals surface area contributed by atoms with Crippen LogP contribution in [0.4, 0.5) is 0 Å². The maximum Gasteiger partial charge on any atom is 0.268 e. The van der Waals surface area contributed by atoms with Crippen LogP contribution in [0.15, 0.2) is 47.8 Å². The molecule has 0 bridgehead atoms. The van der Waals surface area contributed by atoms with Crippen LogP contribution in [-0.4, -0.2) is 44.3 Å². The molecular weight excluding hydrogens is 334 g/mol. The van der Waals surface area contributed by atoms with Gasteiger partial charge in [0.05, 0.1) is 10.9 Å². The molecule has 0 saturated heterocycles. The molecule has 0 aliphatic rings. The second kappa shape index (κ2) is 5.28. The number of aryl methyl sites for hydroxylation is 1. The smallest absolute Gasteiger partial charge is 0.268 e. The molecular formula is C16H11N9O. The van der Waals surface area contributed by atoms with E-state index in [1.54, 1.807) is 36.1 Å². The van der Waals surface area contributed by atoms with Gasteiger partial charge in [-0.1, -0.05) is 0 Å². The number of fused-ring (bicyclic) bond motifs is 3. The molecule has 0 aliphatic heterocycles. The number of H-pyrrole nitrogens is 1. The summed E-state index contributed by atoms with van der Waals surface area (Å²) in [6, 6.07) is 5.40. The van der Waals surface area contributed by atoms with E-state index < -0.39 is 0 Å². The molecule has 0 aromatic carbocycles. The van der Waals surface area contributed by atoms with Crippen LogP contribution in [-0.2, 0) is 0 Å². The number of nitrogens with one attached hydrogen (secondary N) is 1. The molecule has 0 spiro atoms. The van der Waals surface area contributed by atoms with Crippen molar-refractivity contribution in [1.29, 1.82) is 0 Å². The number of hydrogen-bond acceptors (Lipinski definition) is 7. The highest BCUT2D eigenvalue weighted by molar-refractivity contribution is 5.79. The first kappa shape index (κ1) is 14.4. The summed E-state index contributed by atoms with van der Waals surface area (Å²) in [6.45, 7) is 1.77. The highest BCUT2D eigenvalue weighted by Gasteiger charge is 2.14. The number of hydrogen-bond donors (Lipinski definition) is 1. The fourth-order valence-electron chi connectivity index (χ4n) is 2.74. The highest BCUT2D eigenvalue weighted by Crippen LogP contribution is 2.17. The molecule has 0 unspecified atom stereocenters. The second-order valence-corrected chi connectivity index (χ2v) is 5.65. The number of aromatic nitrogens is 9. The predicted octanol–water partition coefficient (Wildman–Crippen LogP) is 0.917. The zero-order valence-electron chi connectivity index (χ0n) is 13.5. The van der Waals surface area contributed by atoms with Gasteiger partial charge in [0.2, 0.25) is 0 Å². The van der Waals surface area contributed by atoms with E-state index in [0.29, 0.717) is 28.3 Å². The summed E-state index contributed by atoms with van der Waals surface area (Å²) in [5.74, 6) is 1.83. The maximum atomic E-state index is 12.8. The molecule has 5 heterocycles. The van der Waals surface area contributed by atoms with Crippen molar-refractivity contribution < 1.29 is 0 Å². The maximum absolute atomic E-state index is 12.8. The summed E-state index contributed by atoms with van der Waals surface area (Å²) in [5, 5.41) is 11.6. The van der Waals surface area contributed by atoms with Crippen LogP contribution in [0.25, 0.3) is 34.0 Å². The van der Waals surface area contributed by atoms with Gasteiger partial charge in [-0.25, -0.2) is 9.55 Å². The van der Waals surface area contributed by atoms with Crippen LogP contribution in [0.5, 0.6) is 0 Å². The molecule has 0 fully saturated rings. The summed E-state index contributed by atoms with van der Waals surface area (Å²) in [6.07, 6.45) is 6.45. The van der Waals surface area contributed by atoms with Gasteiger partial charge in [-0.2, -0.15) is 14.5 Å². The number of rotatable bonds is 2. The van der Waals surface area contributed by atoms with E-state index in [2.05, 4.69) is 35.2 Å². The Morgan fingerprint density at radius 1 is 1.12 bits per heavy atom. The van der Waals surface area contributed by atoms with Gasteiger partial charge in [0.15, 0.2) is 5.82 Å². The standard InChI is InChI=1S/C16H11N9O/c1-9-19-16(22-21-9)24-7-4-12-11(14(24)26)8-18-15-20-13(23-25(12)15)10-2-5-17-6-3-10/h2-8H,1H3,(H,19,21,22). The zero-order valence-corrected chi connectivity index (χ0v) is 13.5. The molecule has 10 nitrogen and oxygen atoms in total. The molecule has 5 aromatic heterocycles. The first-order valence-electron chi connectivity index (χ1n) is 7.77. The monoisotopic (exact) mass is 345 g/mol. The third kappa shape index (κ3) is 2.09. The van der Waals surface area contributed by atoms with Crippen molar-refractivity contribution in [3.63, 3.8) is 0 Å². The molecule has 0 aliphatic carbocycles. The lowest BCUT2D eigenvalue weighted by atomic mass is 10.3. The summed E-state index contributed by atoms with van der Waals surface area (Å²) in [7, 11) is 0. The van der Waals surface area contributed by atoms with E-state index in [1.807, 2.05) is 12.1 Å². The van der Waals surface area contributed by atoms with Gasteiger partial charge in [0.1, 0.15) is 5.82 Å². The lowest BCUT2D eigenvalue weighted by molar-refractivity contribution is 0.894. The molecule has 0 atom stereocenters. The van der Waals surface area contributed by atoms with E-state index in [9.17, 15) is 4.79 Å². The number of pyridine rings is 2. The predicted molar refractivity (Wildman–Crippen MR) is 91.8 cm³/mol. The van der Waals surface area contributed by atoms with Gasteiger partial charge in [0, 0.05) is 30.4 Å². The summed E-state index contributed by atoms with van der Waals surface area (Å²) < 4.78 is 2.92. The third-order valence-electron chi connectivity index (χ3n) is 3.97. The Kier molecular flexibility index (Phi) is 2.92. The first-order valence-corrected chi connectivity index (χ1v) is 7.77. The van der Waals surface area contributed by atoms with Crippen LogP contribution < -0.4 is 5.56 Å². The average Bonchev–Trinajstić information content (AvgIpc) is 3.29. The van der Waals surface area contributed by atoms with Gasteiger partial charge in [-0.05, 0) is 25.1 Å². The third-order valence-corrected chi connectivity index (χ3v) is 3.97. The van der Waals surface area contributed by atoms with Crippen molar-refractivity contribution >= 4 is 16.7 Å². The Labute approximate surface area is 145 Å². The lowest BCUT2D eigenvalue weighted by Crippen LogP contribution is -2.20. The molecule has 5 aromatic rings. The molecule has 0 radical (unpaired) electrons. The number of nitrogens with zero attached hydrogens (tertiary/aromatic N) is 8. The fourth-order valence-corrected chi connectivity index (χ4v) is 2.74. The number of aromatic amines is 1. The van der Waals surface area contributed by atoms with E-state index in [1.165, 1.54) is 10.8 Å². The fraction of sp³-hybridized carbons (Fsp3) is 0.0625. The van der Waals surface area contributed by atoms with Crippen molar-refractivity contribution in [3.8, 4) is 17.3 Å². The minimum absolute atomic E-state index is 0.281. The van der Waals surface area contributed by atoms with Crippen LogP contribution in [0, 0.1) is 6.92 Å². The quantitative estimate of drug-likeness (QED) is 0.505. The Morgan fingerprint density at radius 3 is 2.73 bits per heavy atom. The second-order valence-electron chi connectivity index (χ2n) is 5.65. The molecule has 1 N–H and O–H groups in total. The minimum atomic E-state index is -0.281. The van der Waals surface area contributed by atoms with Crippen LogP contribution in [0.1, 0.15) is 5.82 Å². The Balaban J connectivity index is 1.75. The van der Waals surface area contributed by atoms with E-state index in [0.717, 1.165) is 5.56 Å². The van der Waals surface area contributed by atoms with Crippen LogP contribution in [0.3, 0.4) is 0 Å². The molecule has 26 heavy (non-hydrogen) atoms. The van der Waals surface area contributed by atoms with Crippen molar-refractivity contribution in [2.24, 2.45) is 0 Å². The SMILES string of the molecule is Cc1nc(-n2ccc3c(cnc4nc(-c5ccncc5)nn43)c2=O)n[nH]1. The van der Waals surface area contributed by atoms with Gasteiger partial charge in [0.25, 0.3) is 17.3 Å². The molecule has 126 valence electrons. The molecule has 0 amide bonds. The highest BCUT2D eigenvalue weighted by atomic mass is 16.1. The normalized spacial score (nSPS) is 11.4. The zero-order chi connectivity index (χ0) is 17.7. The van der Waals surface area contributed by atoms with Crippen LogP contribution >= 0.6 is 0 Å². The summed E-state index contributed by atoms with van der Waals surface area (Å²) in [4.78, 5) is 29.7. The Morgan fingerprint density at radius 2 is 1.96 bits per heavy atom. The van der Waals surface area contributed by atoms with Crippen molar-refractivity contribution in [3.05, 3.63) is 59.2 Å². The Bertz CT molecular complexity index is 1320. The van der Waals surface area contributed by atoms with Gasteiger partial charge in [-0.15, -0.1) is 10.2 Å². The summed E-state index contributed by atoms with van der Waals surface area (Å²) >= 11 is 0. The minimum Gasteiger partial charge on any atom is -0.268 e. The van der Waals surface area contributed by atoms with Crippen LogP contribution in [0.2, 0.25) is 0 Å². The van der Waals surface area contributed by atoms with Crippen molar-refractivity contribution in [2.75, 3.05) is 0 Å². The first-order chi connectivity index (χ1) is 12.7. The lowest BCUT2D eigenvalue weighted by Gasteiger charge is -2.03. The van der Waals surface area contributed by atoms with E-state index in [4.69, 9.17) is 0 Å². The van der Waals surface area contributed by atoms with Gasteiger partial charge >= 0.3 is 0 Å². The van der Waals surface area contributed by atoms with Gasteiger partial charge in [-0.3, -0.25) is 14.9 Å².